The van der Waals surface area contributed by atoms with Gasteiger partial charge in [-0.05, 0) is 73.5 Å². The molecule has 0 saturated heterocycles. The number of allylic oxidation sites excluding steroid dienone is 2. The number of carbonyl (C=O) groups excluding carboxylic acids is 1. The van der Waals surface area contributed by atoms with Gasteiger partial charge in [-0.2, -0.15) is 0 Å². The summed E-state index contributed by atoms with van der Waals surface area (Å²) in [7, 11) is 0. The van der Waals surface area contributed by atoms with Gasteiger partial charge in [0, 0.05) is 22.5 Å². The average molecular weight is 396 g/mol. The SMILES string of the molecule is C=C/C=C(\O)c1ccc(N=C(C)c2cccc(NC(=O)c3ccccc3)c2)c(C)c1. The van der Waals surface area contributed by atoms with Crippen LogP contribution in [0.15, 0.2) is 96.5 Å². The normalized spacial score (nSPS) is 11.8. The van der Waals surface area contributed by atoms with Gasteiger partial charge in [0.25, 0.3) is 5.91 Å². The van der Waals surface area contributed by atoms with Crippen LogP contribution in [0.25, 0.3) is 5.76 Å². The Morgan fingerprint density at radius 2 is 1.70 bits per heavy atom. The fraction of sp³-hybridized carbons (Fsp3) is 0.0769. The fourth-order valence-corrected chi connectivity index (χ4v) is 3.01. The number of aryl methyl sites for hydroxylation is 1. The molecule has 150 valence electrons. The maximum absolute atomic E-state index is 12.4. The highest BCUT2D eigenvalue weighted by atomic mass is 16.3. The largest absolute Gasteiger partial charge is 0.507 e. The summed E-state index contributed by atoms with van der Waals surface area (Å²) < 4.78 is 0. The molecule has 4 nitrogen and oxygen atoms in total. The maximum atomic E-state index is 12.4. The average Bonchev–Trinajstić information content (AvgIpc) is 2.76. The summed E-state index contributed by atoms with van der Waals surface area (Å²) in [6.45, 7) is 7.48. The summed E-state index contributed by atoms with van der Waals surface area (Å²) in [5, 5.41) is 12.9. The number of hydrogen-bond acceptors (Lipinski definition) is 3. The van der Waals surface area contributed by atoms with Crippen LogP contribution in [0.3, 0.4) is 0 Å². The maximum Gasteiger partial charge on any atom is 0.255 e. The van der Waals surface area contributed by atoms with Gasteiger partial charge in [0.1, 0.15) is 5.76 Å². The van der Waals surface area contributed by atoms with Gasteiger partial charge in [-0.15, -0.1) is 0 Å². The molecule has 0 saturated carbocycles. The number of carbonyl (C=O) groups is 1. The minimum Gasteiger partial charge on any atom is -0.507 e. The lowest BCUT2D eigenvalue weighted by atomic mass is 10.1. The molecule has 0 fully saturated rings. The number of amides is 1. The van der Waals surface area contributed by atoms with Crippen LogP contribution in [0.5, 0.6) is 0 Å². The summed E-state index contributed by atoms with van der Waals surface area (Å²) in [6.07, 6.45) is 3.10. The molecule has 3 aromatic carbocycles. The van der Waals surface area contributed by atoms with Crippen molar-refractivity contribution in [3.05, 3.63) is 114 Å². The molecule has 0 radical (unpaired) electrons. The molecular weight excluding hydrogens is 372 g/mol. The third-order valence-electron chi connectivity index (χ3n) is 4.63. The number of aliphatic hydroxyl groups excluding tert-OH is 1. The van der Waals surface area contributed by atoms with E-state index in [0.29, 0.717) is 11.3 Å². The van der Waals surface area contributed by atoms with Crippen LogP contribution >= 0.6 is 0 Å². The number of rotatable bonds is 6. The molecule has 0 spiro atoms. The molecule has 0 unspecified atom stereocenters. The number of nitrogens with zero attached hydrogens (tertiary/aromatic N) is 1. The van der Waals surface area contributed by atoms with Gasteiger partial charge in [-0.3, -0.25) is 9.79 Å². The molecule has 0 heterocycles. The lowest BCUT2D eigenvalue weighted by Crippen LogP contribution is -2.12. The van der Waals surface area contributed by atoms with Crippen molar-refractivity contribution in [2.45, 2.75) is 13.8 Å². The first-order valence-electron chi connectivity index (χ1n) is 9.63. The van der Waals surface area contributed by atoms with Crippen LogP contribution in [0, 0.1) is 6.92 Å². The first kappa shape index (κ1) is 20.8. The number of aliphatic imine (C=N–C) groups is 1. The van der Waals surface area contributed by atoms with Crippen LogP contribution in [-0.2, 0) is 0 Å². The second-order valence-corrected chi connectivity index (χ2v) is 6.89. The van der Waals surface area contributed by atoms with E-state index in [4.69, 9.17) is 4.99 Å². The summed E-state index contributed by atoms with van der Waals surface area (Å²) in [5.74, 6) is 0.0170. The number of anilines is 1. The summed E-state index contributed by atoms with van der Waals surface area (Å²) >= 11 is 0. The van der Waals surface area contributed by atoms with Crippen LogP contribution in [-0.4, -0.2) is 16.7 Å². The Hall–Kier alpha value is -3.92. The molecule has 3 rings (SSSR count). The highest BCUT2D eigenvalue weighted by Gasteiger charge is 2.07. The summed E-state index contributed by atoms with van der Waals surface area (Å²) in [5.41, 5.74) is 5.55. The van der Waals surface area contributed by atoms with Crippen LogP contribution < -0.4 is 5.32 Å². The zero-order chi connectivity index (χ0) is 21.5. The standard InChI is InChI=1S/C26H24N2O2/c1-4-9-25(29)22-14-15-24(18(2)16-22)27-19(3)21-12-8-13-23(17-21)28-26(30)20-10-6-5-7-11-20/h4-17,29H,1H2,2-3H3,(H,28,30)/b25-9-,27-19?. The lowest BCUT2D eigenvalue weighted by molar-refractivity contribution is 0.102. The van der Waals surface area contributed by atoms with Crippen molar-refractivity contribution in [3.8, 4) is 0 Å². The van der Waals surface area contributed by atoms with Gasteiger partial charge in [-0.25, -0.2) is 0 Å². The lowest BCUT2D eigenvalue weighted by Gasteiger charge is -2.09. The summed E-state index contributed by atoms with van der Waals surface area (Å²) in [4.78, 5) is 17.1. The van der Waals surface area contributed by atoms with Crippen molar-refractivity contribution < 1.29 is 9.90 Å². The van der Waals surface area contributed by atoms with E-state index >= 15 is 0 Å². The molecule has 30 heavy (non-hydrogen) atoms. The Morgan fingerprint density at radius 1 is 0.967 bits per heavy atom. The molecule has 0 bridgehead atoms. The second-order valence-electron chi connectivity index (χ2n) is 6.89. The predicted octanol–water partition coefficient (Wildman–Crippen LogP) is 6.47. The first-order valence-corrected chi connectivity index (χ1v) is 9.63. The van der Waals surface area contributed by atoms with Crippen molar-refractivity contribution in [1.29, 1.82) is 0 Å². The highest BCUT2D eigenvalue weighted by Crippen LogP contribution is 2.24. The van der Waals surface area contributed by atoms with E-state index in [1.54, 1.807) is 24.3 Å². The van der Waals surface area contributed by atoms with E-state index in [-0.39, 0.29) is 11.7 Å². The molecule has 0 aliphatic carbocycles. The number of aliphatic hydroxyl groups is 1. The van der Waals surface area contributed by atoms with Gasteiger partial charge in [-0.1, -0.05) is 43.0 Å². The van der Waals surface area contributed by atoms with Gasteiger partial charge in [0.2, 0.25) is 0 Å². The Morgan fingerprint density at radius 3 is 2.40 bits per heavy atom. The number of benzene rings is 3. The first-order chi connectivity index (χ1) is 14.5. The van der Waals surface area contributed by atoms with Crippen LogP contribution in [0.1, 0.15) is 34.0 Å². The topological polar surface area (TPSA) is 61.7 Å². The third kappa shape index (κ3) is 5.11. The highest BCUT2D eigenvalue weighted by molar-refractivity contribution is 6.06. The Balaban J connectivity index is 1.82. The monoisotopic (exact) mass is 396 g/mol. The zero-order valence-corrected chi connectivity index (χ0v) is 17.1. The molecule has 4 heteroatoms. The third-order valence-corrected chi connectivity index (χ3v) is 4.63. The Labute approximate surface area is 176 Å². The van der Waals surface area contributed by atoms with E-state index in [0.717, 1.165) is 28.1 Å². The molecule has 1 amide bonds. The molecule has 0 aliphatic heterocycles. The van der Waals surface area contributed by atoms with Crippen molar-refractivity contribution in [1.82, 2.24) is 0 Å². The number of hydrogen-bond donors (Lipinski definition) is 2. The molecule has 2 N–H and O–H groups in total. The minimum atomic E-state index is -0.152. The van der Waals surface area contributed by atoms with E-state index in [2.05, 4.69) is 11.9 Å². The van der Waals surface area contributed by atoms with Crippen LogP contribution in [0.2, 0.25) is 0 Å². The smallest absolute Gasteiger partial charge is 0.255 e. The van der Waals surface area contributed by atoms with Gasteiger partial charge in [0.05, 0.1) is 5.69 Å². The van der Waals surface area contributed by atoms with E-state index in [1.807, 2.05) is 74.5 Å². The van der Waals surface area contributed by atoms with Gasteiger partial charge < -0.3 is 10.4 Å². The molecular formula is C26H24N2O2. The Kier molecular flexibility index (Phi) is 6.60. The molecule has 0 aliphatic rings. The van der Waals surface area contributed by atoms with Gasteiger partial charge in [0.15, 0.2) is 0 Å². The summed E-state index contributed by atoms with van der Waals surface area (Å²) in [6, 6.07) is 22.3. The number of nitrogens with one attached hydrogen (secondary N) is 1. The van der Waals surface area contributed by atoms with E-state index in [9.17, 15) is 9.90 Å². The molecule has 0 aromatic heterocycles. The molecule has 0 atom stereocenters. The van der Waals surface area contributed by atoms with Crippen molar-refractivity contribution in [2.24, 2.45) is 4.99 Å². The zero-order valence-electron chi connectivity index (χ0n) is 17.1. The quantitative estimate of drug-likeness (QED) is 0.285. The van der Waals surface area contributed by atoms with Crippen molar-refractivity contribution >= 4 is 28.8 Å². The fourth-order valence-electron chi connectivity index (χ4n) is 3.01. The second kappa shape index (κ2) is 9.52. The van der Waals surface area contributed by atoms with E-state index < -0.39 is 0 Å². The van der Waals surface area contributed by atoms with Gasteiger partial charge >= 0.3 is 0 Å². The van der Waals surface area contributed by atoms with Crippen molar-refractivity contribution in [2.75, 3.05) is 5.32 Å². The minimum absolute atomic E-state index is 0.152. The van der Waals surface area contributed by atoms with Crippen molar-refractivity contribution in [3.63, 3.8) is 0 Å². The predicted molar refractivity (Wildman–Crippen MR) is 125 cm³/mol. The molecule has 3 aromatic rings. The Bertz CT molecular complexity index is 1130. The van der Waals surface area contributed by atoms with Crippen LogP contribution in [0.4, 0.5) is 11.4 Å². The van der Waals surface area contributed by atoms with E-state index in [1.165, 1.54) is 0 Å².